The van der Waals surface area contributed by atoms with E-state index in [-0.39, 0.29) is 40.3 Å². The summed E-state index contributed by atoms with van der Waals surface area (Å²) in [5, 5.41) is 14.4. The van der Waals surface area contributed by atoms with Gasteiger partial charge in [0.05, 0.1) is 23.2 Å². The fraction of sp³-hybridized carbons (Fsp3) is 0.556. The molecule has 5 nitrogen and oxygen atoms in total. The van der Waals surface area contributed by atoms with Crippen LogP contribution in [0.5, 0.6) is 0 Å². The number of nitrogens with one attached hydrogen (secondary N) is 1. The predicted octanol–water partition coefficient (Wildman–Crippen LogP) is 9.15. The zero-order chi connectivity index (χ0) is 36.1. The van der Waals surface area contributed by atoms with Crippen LogP contribution in [-0.4, -0.2) is 41.2 Å². The third-order valence-corrected chi connectivity index (χ3v) is 15.0. The van der Waals surface area contributed by atoms with Gasteiger partial charge in [-0.05, 0) is 154 Å². The number of benzene rings is 1. The Bertz CT molecular complexity index is 1960. The topological polar surface area (TPSA) is 75.6 Å². The van der Waals surface area contributed by atoms with Crippen molar-refractivity contribution < 1.29 is 19.4 Å². The van der Waals surface area contributed by atoms with Crippen molar-refractivity contribution in [1.29, 1.82) is 0 Å². The zero-order valence-corrected chi connectivity index (χ0v) is 31.8. The maximum atomic E-state index is 14.9. The first-order valence-electron chi connectivity index (χ1n) is 18.9. The first kappa shape index (κ1) is 33.8. The predicted molar refractivity (Wildman–Crippen MR) is 201 cm³/mol. The summed E-state index contributed by atoms with van der Waals surface area (Å²) in [6.45, 7) is 24.2. The van der Waals surface area contributed by atoms with Crippen LogP contribution in [0.2, 0.25) is 0 Å². The number of carbonyl (C=O) groups is 2. The Balaban J connectivity index is 1.29. The van der Waals surface area contributed by atoms with E-state index in [9.17, 15) is 14.7 Å². The highest BCUT2D eigenvalue weighted by atomic mass is 16.5. The summed E-state index contributed by atoms with van der Waals surface area (Å²) in [5.41, 5.74) is 11.1. The molecular weight excluding hydrogens is 618 g/mol. The number of aliphatic hydroxyl groups is 1. The zero-order valence-electron chi connectivity index (χ0n) is 31.8. The fourth-order valence-electron chi connectivity index (χ4n) is 12.7. The number of Topliss-reactive ketones (excluding diaryl/α,β-unsaturated/α-hetero) is 1. The molecule has 50 heavy (non-hydrogen) atoms. The Morgan fingerprint density at radius 3 is 2.46 bits per heavy atom. The van der Waals surface area contributed by atoms with Crippen LogP contribution in [-0.2, 0) is 9.53 Å². The SMILES string of the molecule is C=C(C)[C@H]1C(=O)c2c3c(cc4c2C1C1=C4CC2CC[C@H]4[C@](C)(/C=C/C=C(\C)C(=O)NC)[C@@H](O)CC[C@]4(C)[C@@]12C)C1=CC(C)(C)OC(C)(C)C1=C3. The van der Waals surface area contributed by atoms with Crippen molar-refractivity contribution in [3.8, 4) is 0 Å². The van der Waals surface area contributed by atoms with Crippen molar-refractivity contribution in [3.63, 3.8) is 0 Å². The number of ketones is 1. The minimum absolute atomic E-state index is 0.0124. The number of fused-ring (bicyclic) bond motifs is 10. The molecular formula is C45H55NO4. The van der Waals surface area contributed by atoms with Crippen LogP contribution in [0.15, 0.2) is 59.2 Å². The van der Waals surface area contributed by atoms with E-state index in [1.807, 2.05) is 19.1 Å². The van der Waals surface area contributed by atoms with E-state index < -0.39 is 22.7 Å². The van der Waals surface area contributed by atoms with Gasteiger partial charge in [-0.3, -0.25) is 9.59 Å². The van der Waals surface area contributed by atoms with E-state index in [4.69, 9.17) is 4.74 Å². The number of hydrogen-bond acceptors (Lipinski definition) is 4. The monoisotopic (exact) mass is 673 g/mol. The lowest BCUT2D eigenvalue weighted by Crippen LogP contribution is -2.60. The second kappa shape index (κ2) is 10.4. The molecule has 0 spiro atoms. The molecule has 6 aliphatic carbocycles. The molecule has 0 radical (unpaired) electrons. The van der Waals surface area contributed by atoms with Gasteiger partial charge < -0.3 is 15.2 Å². The molecule has 2 N–H and O–H groups in total. The highest BCUT2D eigenvalue weighted by Gasteiger charge is 2.69. The van der Waals surface area contributed by atoms with Crippen LogP contribution in [0.3, 0.4) is 0 Å². The number of hydrogen-bond donors (Lipinski definition) is 2. The molecule has 1 aromatic carbocycles. The van der Waals surface area contributed by atoms with Crippen LogP contribution in [0.25, 0.3) is 17.2 Å². The molecule has 7 aliphatic rings. The molecule has 1 aromatic rings. The number of ether oxygens (including phenoxy) is 1. The molecule has 8 atom stereocenters. The van der Waals surface area contributed by atoms with Gasteiger partial charge in [-0.15, -0.1) is 0 Å². The van der Waals surface area contributed by atoms with Gasteiger partial charge in [0.25, 0.3) is 0 Å². The molecule has 2 fully saturated rings. The smallest absolute Gasteiger partial charge is 0.246 e. The van der Waals surface area contributed by atoms with E-state index >= 15 is 0 Å². The molecule has 264 valence electrons. The van der Waals surface area contributed by atoms with Crippen LogP contribution >= 0.6 is 0 Å². The highest BCUT2D eigenvalue weighted by Crippen LogP contribution is 2.77. The number of aliphatic hydroxyl groups excluding tert-OH is 1. The van der Waals surface area contributed by atoms with Gasteiger partial charge in [0.1, 0.15) is 0 Å². The van der Waals surface area contributed by atoms with Crippen molar-refractivity contribution in [2.45, 2.75) is 118 Å². The first-order valence-corrected chi connectivity index (χ1v) is 18.9. The molecule has 1 amide bonds. The van der Waals surface area contributed by atoms with Gasteiger partial charge in [0.15, 0.2) is 5.78 Å². The van der Waals surface area contributed by atoms with Gasteiger partial charge in [0, 0.05) is 29.5 Å². The van der Waals surface area contributed by atoms with Crippen molar-refractivity contribution in [3.05, 3.63) is 87.1 Å². The summed E-state index contributed by atoms with van der Waals surface area (Å²) in [7, 11) is 1.65. The largest absolute Gasteiger partial charge is 0.392 e. The van der Waals surface area contributed by atoms with Crippen molar-refractivity contribution in [1.82, 2.24) is 5.32 Å². The molecule has 1 aliphatic heterocycles. The van der Waals surface area contributed by atoms with Crippen molar-refractivity contribution >= 4 is 28.9 Å². The first-order chi connectivity index (χ1) is 23.3. The minimum Gasteiger partial charge on any atom is -0.392 e. The molecule has 1 heterocycles. The lowest BCUT2D eigenvalue weighted by Gasteiger charge is -2.65. The van der Waals surface area contributed by atoms with Gasteiger partial charge in [-0.25, -0.2) is 0 Å². The van der Waals surface area contributed by atoms with E-state index in [0.717, 1.165) is 48.8 Å². The summed E-state index contributed by atoms with van der Waals surface area (Å²) in [6, 6.07) is 2.45. The van der Waals surface area contributed by atoms with E-state index in [0.29, 0.717) is 11.5 Å². The Hall–Kier alpha value is -3.28. The van der Waals surface area contributed by atoms with Gasteiger partial charge in [0.2, 0.25) is 5.91 Å². The van der Waals surface area contributed by atoms with Crippen LogP contribution in [0, 0.1) is 34.0 Å². The number of rotatable bonds is 4. The normalized spacial score (nSPS) is 38.6. The molecule has 2 unspecified atom stereocenters. The average Bonchev–Trinajstić information content (AvgIpc) is 3.73. The highest BCUT2D eigenvalue weighted by molar-refractivity contribution is 6.15. The Kier molecular flexibility index (Phi) is 7.05. The quantitative estimate of drug-likeness (QED) is 0.190. The second-order valence-corrected chi connectivity index (χ2v) is 18.4. The van der Waals surface area contributed by atoms with Crippen LogP contribution in [0.4, 0.5) is 0 Å². The van der Waals surface area contributed by atoms with E-state index in [1.54, 1.807) is 7.05 Å². The number of allylic oxidation sites excluding steroid dienone is 5. The Morgan fingerprint density at radius 1 is 1.06 bits per heavy atom. The third-order valence-electron chi connectivity index (χ3n) is 15.0. The fourth-order valence-corrected chi connectivity index (χ4v) is 12.7. The van der Waals surface area contributed by atoms with E-state index in [2.05, 4.69) is 91.6 Å². The molecule has 0 saturated heterocycles. The third kappa shape index (κ3) is 4.08. The summed E-state index contributed by atoms with van der Waals surface area (Å²) < 4.78 is 6.56. The average molecular weight is 674 g/mol. The number of likely N-dealkylation sites (N-methyl/N-ethyl adjacent to an activating group) is 1. The molecule has 0 bridgehead atoms. The Labute approximate surface area is 298 Å². The standard InChI is InChI=1S/C45H55NO4/c1-23(2)34-37-35-27(20-26-28(36(35)39(34)48)21-31-30(26)22-41(4,5)50-42(31,6)7)29-19-25-14-15-32-43(8,17-12-13-24(3)40(49)46-11)33(47)16-18-44(32,9)45(25,10)38(29)37/h12-13,17,20-22,25,32-34,37,47H,1,14-16,18-19H2,2-11H3,(H,46,49)/b17-12+,24-13+/t25?,32-,33-,34+,37?,43-,44-,45+/m0/s1. The van der Waals surface area contributed by atoms with Crippen LogP contribution < -0.4 is 5.32 Å². The minimum atomic E-state index is -0.466. The van der Waals surface area contributed by atoms with E-state index in [1.165, 1.54) is 39.0 Å². The molecule has 2 saturated carbocycles. The summed E-state index contributed by atoms with van der Waals surface area (Å²) in [4.78, 5) is 27.1. The summed E-state index contributed by atoms with van der Waals surface area (Å²) >= 11 is 0. The van der Waals surface area contributed by atoms with Gasteiger partial charge in [-0.2, -0.15) is 0 Å². The summed E-state index contributed by atoms with van der Waals surface area (Å²) in [6.07, 6.45) is 15.0. The number of amides is 1. The van der Waals surface area contributed by atoms with Crippen LogP contribution in [0.1, 0.15) is 133 Å². The molecule has 8 rings (SSSR count). The van der Waals surface area contributed by atoms with Crippen molar-refractivity contribution in [2.24, 2.45) is 34.0 Å². The maximum Gasteiger partial charge on any atom is 0.246 e. The Morgan fingerprint density at radius 2 is 1.78 bits per heavy atom. The lowest BCUT2D eigenvalue weighted by molar-refractivity contribution is -0.161. The maximum absolute atomic E-state index is 14.9. The second-order valence-electron chi connectivity index (χ2n) is 18.4. The molecule has 0 aromatic heterocycles. The van der Waals surface area contributed by atoms with Crippen molar-refractivity contribution in [2.75, 3.05) is 7.05 Å². The van der Waals surface area contributed by atoms with Gasteiger partial charge in [-0.1, -0.05) is 56.7 Å². The number of carbonyl (C=O) groups excluding carboxylic acids is 2. The molecule has 5 heteroatoms. The lowest BCUT2D eigenvalue weighted by atomic mass is 9.39. The van der Waals surface area contributed by atoms with Gasteiger partial charge >= 0.3 is 0 Å². The summed E-state index contributed by atoms with van der Waals surface area (Å²) in [5.74, 6) is 0.602.